The minimum Gasteiger partial charge on any atom is -0.488 e. The van der Waals surface area contributed by atoms with E-state index in [0.29, 0.717) is 12.4 Å². The van der Waals surface area contributed by atoms with Crippen LogP contribution >= 0.6 is 0 Å². The number of aryl methyl sites for hydroxylation is 2. The molecule has 2 aromatic rings. The number of rotatable bonds is 6. The lowest BCUT2D eigenvalue weighted by molar-refractivity contribution is 0.295. The zero-order chi connectivity index (χ0) is 15.4. The van der Waals surface area contributed by atoms with E-state index in [0.717, 1.165) is 29.1 Å². The summed E-state index contributed by atoms with van der Waals surface area (Å²) in [4.78, 5) is 0. The van der Waals surface area contributed by atoms with E-state index in [1.54, 1.807) is 6.07 Å². The highest BCUT2D eigenvalue weighted by atomic mass is 19.1. The lowest BCUT2D eigenvalue weighted by atomic mass is 10.1. The van der Waals surface area contributed by atoms with Gasteiger partial charge in [-0.25, -0.2) is 4.39 Å². The highest BCUT2D eigenvalue weighted by Crippen LogP contribution is 2.27. The van der Waals surface area contributed by atoms with Crippen LogP contribution in [0.15, 0.2) is 22.7 Å². The number of aromatic nitrogens is 1. The van der Waals surface area contributed by atoms with Crippen molar-refractivity contribution in [2.24, 2.45) is 0 Å². The molecule has 4 nitrogen and oxygen atoms in total. The van der Waals surface area contributed by atoms with Crippen LogP contribution in [0, 0.1) is 19.7 Å². The summed E-state index contributed by atoms with van der Waals surface area (Å²) >= 11 is 0. The van der Waals surface area contributed by atoms with Gasteiger partial charge in [-0.2, -0.15) is 0 Å². The molecule has 0 bridgehead atoms. The molecule has 1 heterocycles. The van der Waals surface area contributed by atoms with Gasteiger partial charge in [0.25, 0.3) is 0 Å². The maximum Gasteiger partial charge on any atom is 0.140 e. The van der Waals surface area contributed by atoms with Crippen LogP contribution in [-0.4, -0.2) is 11.7 Å². The molecule has 0 aliphatic carbocycles. The molecule has 1 aromatic carbocycles. The average molecular weight is 292 g/mol. The minimum atomic E-state index is -0.264. The van der Waals surface area contributed by atoms with Crippen molar-refractivity contribution in [3.05, 3.63) is 46.6 Å². The Morgan fingerprint density at radius 2 is 2.14 bits per heavy atom. The Balaban J connectivity index is 2.19. The van der Waals surface area contributed by atoms with Crippen LogP contribution in [0.1, 0.15) is 42.5 Å². The second kappa shape index (κ2) is 6.72. The van der Waals surface area contributed by atoms with Crippen molar-refractivity contribution >= 4 is 0 Å². The fourth-order valence-corrected chi connectivity index (χ4v) is 2.26. The van der Waals surface area contributed by atoms with E-state index in [1.165, 1.54) is 12.1 Å². The number of nitrogens with one attached hydrogen (secondary N) is 1. The third-order valence-electron chi connectivity index (χ3n) is 3.50. The predicted molar refractivity (Wildman–Crippen MR) is 78.8 cm³/mol. The summed E-state index contributed by atoms with van der Waals surface area (Å²) in [6, 6.07) is 4.60. The highest BCUT2D eigenvalue weighted by Gasteiger charge is 2.14. The van der Waals surface area contributed by atoms with Crippen LogP contribution in [0.25, 0.3) is 0 Å². The Labute approximate surface area is 124 Å². The van der Waals surface area contributed by atoms with Gasteiger partial charge in [-0.15, -0.1) is 0 Å². The molecular weight excluding hydrogens is 271 g/mol. The number of ether oxygens (including phenoxy) is 1. The molecule has 0 spiro atoms. The largest absolute Gasteiger partial charge is 0.488 e. The lowest BCUT2D eigenvalue weighted by Gasteiger charge is -2.17. The van der Waals surface area contributed by atoms with Crippen LogP contribution in [0.2, 0.25) is 0 Å². The number of nitrogens with zero attached hydrogens (tertiary/aromatic N) is 1. The molecule has 2 rings (SSSR count). The first-order valence-corrected chi connectivity index (χ1v) is 7.10. The molecule has 0 saturated carbocycles. The normalized spacial score (nSPS) is 12.4. The first-order valence-electron chi connectivity index (χ1n) is 7.10. The summed E-state index contributed by atoms with van der Waals surface area (Å²) < 4.78 is 24.5. The van der Waals surface area contributed by atoms with Crippen LogP contribution in [0.5, 0.6) is 5.75 Å². The highest BCUT2D eigenvalue weighted by molar-refractivity contribution is 5.36. The lowest BCUT2D eigenvalue weighted by Crippen LogP contribution is -2.18. The molecule has 1 atom stereocenters. The molecule has 1 unspecified atom stereocenters. The molecule has 21 heavy (non-hydrogen) atoms. The van der Waals surface area contributed by atoms with E-state index in [-0.39, 0.29) is 11.9 Å². The SMILES string of the molecule is CCNC(C)c1cc(F)ccc1OCc1c(C)noc1C. The molecule has 1 aromatic heterocycles. The number of halogens is 1. The summed E-state index contributed by atoms with van der Waals surface area (Å²) in [5, 5.41) is 7.17. The van der Waals surface area contributed by atoms with Gasteiger partial charge in [0.05, 0.1) is 11.3 Å². The second-order valence-corrected chi connectivity index (χ2v) is 5.05. The number of hydrogen-bond acceptors (Lipinski definition) is 4. The molecule has 0 aliphatic rings. The van der Waals surface area contributed by atoms with Crippen molar-refractivity contribution < 1.29 is 13.7 Å². The maximum atomic E-state index is 13.5. The third kappa shape index (κ3) is 3.61. The summed E-state index contributed by atoms with van der Waals surface area (Å²) in [7, 11) is 0. The number of hydrogen-bond donors (Lipinski definition) is 1. The predicted octanol–water partition coefficient (Wildman–Crippen LogP) is 3.68. The monoisotopic (exact) mass is 292 g/mol. The average Bonchev–Trinajstić information content (AvgIpc) is 2.77. The topological polar surface area (TPSA) is 47.3 Å². The molecule has 0 radical (unpaired) electrons. The van der Waals surface area contributed by atoms with Crippen molar-refractivity contribution in [2.75, 3.05) is 6.54 Å². The summed E-state index contributed by atoms with van der Waals surface area (Å²) in [6.45, 7) is 8.90. The smallest absolute Gasteiger partial charge is 0.140 e. The summed E-state index contributed by atoms with van der Waals surface area (Å²) in [5.74, 6) is 1.15. The van der Waals surface area contributed by atoms with E-state index >= 15 is 0 Å². The quantitative estimate of drug-likeness (QED) is 0.882. The molecular formula is C16H21FN2O2. The summed E-state index contributed by atoms with van der Waals surface area (Å²) in [5.41, 5.74) is 2.56. The summed E-state index contributed by atoms with van der Waals surface area (Å²) in [6.07, 6.45) is 0. The van der Waals surface area contributed by atoms with Crippen molar-refractivity contribution in [2.45, 2.75) is 40.3 Å². The number of benzene rings is 1. The van der Waals surface area contributed by atoms with E-state index in [4.69, 9.17) is 9.26 Å². The van der Waals surface area contributed by atoms with Crippen LogP contribution in [-0.2, 0) is 6.61 Å². The third-order valence-corrected chi connectivity index (χ3v) is 3.50. The van der Waals surface area contributed by atoms with Gasteiger partial charge >= 0.3 is 0 Å². The van der Waals surface area contributed by atoms with Gasteiger partial charge in [0.2, 0.25) is 0 Å². The molecule has 0 saturated heterocycles. The maximum absolute atomic E-state index is 13.5. The fraction of sp³-hybridized carbons (Fsp3) is 0.438. The molecule has 0 fully saturated rings. The molecule has 5 heteroatoms. The zero-order valence-corrected chi connectivity index (χ0v) is 12.9. The van der Waals surface area contributed by atoms with Crippen LogP contribution in [0.4, 0.5) is 4.39 Å². The van der Waals surface area contributed by atoms with E-state index < -0.39 is 0 Å². The van der Waals surface area contributed by atoms with Gasteiger partial charge in [-0.3, -0.25) is 0 Å². The zero-order valence-electron chi connectivity index (χ0n) is 12.9. The Hall–Kier alpha value is -1.88. The van der Waals surface area contributed by atoms with Gasteiger partial charge in [0.1, 0.15) is 23.9 Å². The van der Waals surface area contributed by atoms with Crippen LogP contribution in [0.3, 0.4) is 0 Å². The van der Waals surface area contributed by atoms with Crippen molar-refractivity contribution in [1.29, 1.82) is 0 Å². The molecule has 0 amide bonds. The molecule has 0 aliphatic heterocycles. The second-order valence-electron chi connectivity index (χ2n) is 5.05. The fourth-order valence-electron chi connectivity index (χ4n) is 2.26. The van der Waals surface area contributed by atoms with Gasteiger partial charge in [0.15, 0.2) is 0 Å². The molecule has 114 valence electrons. The standard InChI is InChI=1S/C16H21FN2O2/c1-5-18-10(2)14-8-13(17)6-7-16(14)20-9-15-11(3)19-21-12(15)4/h6-8,10,18H,5,9H2,1-4H3. The first-order chi connectivity index (χ1) is 10.0. The Morgan fingerprint density at radius 3 is 2.76 bits per heavy atom. The van der Waals surface area contributed by atoms with E-state index in [1.807, 2.05) is 27.7 Å². The van der Waals surface area contributed by atoms with Gasteiger partial charge in [-0.1, -0.05) is 12.1 Å². The minimum absolute atomic E-state index is 0.0189. The Bertz CT molecular complexity index is 591. The van der Waals surface area contributed by atoms with E-state index in [2.05, 4.69) is 10.5 Å². The van der Waals surface area contributed by atoms with Gasteiger partial charge in [0, 0.05) is 11.6 Å². The molecule has 1 N–H and O–H groups in total. The van der Waals surface area contributed by atoms with E-state index in [9.17, 15) is 4.39 Å². The first kappa shape index (κ1) is 15.5. The van der Waals surface area contributed by atoms with Gasteiger partial charge < -0.3 is 14.6 Å². The Morgan fingerprint density at radius 1 is 1.38 bits per heavy atom. The Kier molecular flexibility index (Phi) is 4.96. The van der Waals surface area contributed by atoms with Crippen molar-refractivity contribution in [3.8, 4) is 5.75 Å². The van der Waals surface area contributed by atoms with Crippen molar-refractivity contribution in [3.63, 3.8) is 0 Å². The van der Waals surface area contributed by atoms with Gasteiger partial charge in [-0.05, 0) is 45.5 Å². The van der Waals surface area contributed by atoms with Crippen LogP contribution < -0.4 is 10.1 Å². The van der Waals surface area contributed by atoms with Crippen molar-refractivity contribution in [1.82, 2.24) is 10.5 Å².